The monoisotopic (exact) mass is 286 g/mol. The van der Waals surface area contributed by atoms with Crippen LogP contribution < -0.4 is 5.32 Å². The van der Waals surface area contributed by atoms with Crippen LogP contribution in [0.1, 0.15) is 45.3 Å². The minimum absolute atomic E-state index is 0.163. The molecule has 18 heavy (non-hydrogen) atoms. The summed E-state index contributed by atoms with van der Waals surface area (Å²) in [4.78, 5) is 4.77. The Labute approximate surface area is 120 Å². The first-order chi connectivity index (χ1) is 8.32. The van der Waals surface area contributed by atoms with E-state index in [9.17, 15) is 0 Å². The van der Waals surface area contributed by atoms with E-state index in [1.54, 1.807) is 11.3 Å². The van der Waals surface area contributed by atoms with Crippen molar-refractivity contribution in [3.05, 3.63) is 16.1 Å². The summed E-state index contributed by atoms with van der Waals surface area (Å²) in [5.74, 6) is 1.15. The van der Waals surface area contributed by atoms with E-state index in [4.69, 9.17) is 4.98 Å². The number of aromatic nitrogens is 1. The van der Waals surface area contributed by atoms with Gasteiger partial charge in [-0.2, -0.15) is 11.8 Å². The minimum atomic E-state index is 0.163. The molecule has 0 aliphatic carbocycles. The van der Waals surface area contributed by atoms with Crippen molar-refractivity contribution >= 4 is 23.1 Å². The summed E-state index contributed by atoms with van der Waals surface area (Å²) in [6.07, 6.45) is 1.04. The maximum Gasteiger partial charge on any atom is 0.0944 e. The van der Waals surface area contributed by atoms with Crippen LogP contribution in [0.3, 0.4) is 0 Å². The topological polar surface area (TPSA) is 24.9 Å². The Bertz CT molecular complexity index is 353. The molecule has 0 saturated heterocycles. The quantitative estimate of drug-likeness (QED) is 0.863. The molecule has 0 bridgehead atoms. The highest BCUT2D eigenvalue weighted by Crippen LogP contribution is 2.24. The van der Waals surface area contributed by atoms with Gasteiger partial charge in [-0.3, -0.25) is 0 Å². The Morgan fingerprint density at radius 2 is 2.06 bits per heavy atom. The van der Waals surface area contributed by atoms with E-state index < -0.39 is 0 Å². The lowest BCUT2D eigenvalue weighted by Gasteiger charge is -2.16. The van der Waals surface area contributed by atoms with E-state index in [2.05, 4.69) is 45.3 Å². The molecule has 0 fully saturated rings. The third kappa shape index (κ3) is 5.29. The van der Waals surface area contributed by atoms with Gasteiger partial charge in [0.25, 0.3) is 0 Å². The number of rotatable bonds is 6. The van der Waals surface area contributed by atoms with Crippen molar-refractivity contribution in [1.82, 2.24) is 10.3 Å². The maximum absolute atomic E-state index is 4.77. The zero-order chi connectivity index (χ0) is 13.8. The van der Waals surface area contributed by atoms with Gasteiger partial charge in [-0.05, 0) is 12.3 Å². The van der Waals surface area contributed by atoms with Crippen LogP contribution in [0.15, 0.2) is 5.38 Å². The highest BCUT2D eigenvalue weighted by Gasteiger charge is 2.18. The van der Waals surface area contributed by atoms with Gasteiger partial charge in [0.05, 0.1) is 10.7 Å². The molecule has 1 unspecified atom stereocenters. The first-order valence-electron chi connectivity index (χ1n) is 6.56. The molecule has 0 amide bonds. The molecule has 1 aromatic heterocycles. The standard InChI is InChI=1S/C14H26N2S2/c1-10(2)17-8-11(15-6)7-13-16-12(9-18-13)14(3,4)5/h9-11,15H,7-8H2,1-6H3. The number of thiazole rings is 1. The van der Waals surface area contributed by atoms with E-state index in [1.165, 1.54) is 10.7 Å². The fraction of sp³-hybridized carbons (Fsp3) is 0.786. The van der Waals surface area contributed by atoms with Gasteiger partial charge in [-0.25, -0.2) is 4.98 Å². The molecule has 1 heterocycles. The summed E-state index contributed by atoms with van der Waals surface area (Å²) >= 11 is 3.80. The molecule has 0 aliphatic heterocycles. The summed E-state index contributed by atoms with van der Waals surface area (Å²) < 4.78 is 0. The number of hydrogen-bond donors (Lipinski definition) is 1. The molecule has 4 heteroatoms. The zero-order valence-electron chi connectivity index (χ0n) is 12.4. The summed E-state index contributed by atoms with van der Waals surface area (Å²) in [7, 11) is 2.05. The molecule has 0 saturated carbocycles. The first kappa shape index (κ1) is 16.0. The lowest BCUT2D eigenvalue weighted by molar-refractivity contribution is 0.565. The van der Waals surface area contributed by atoms with Gasteiger partial charge in [0.15, 0.2) is 0 Å². The predicted molar refractivity (Wildman–Crippen MR) is 85.0 cm³/mol. The number of thioether (sulfide) groups is 1. The minimum Gasteiger partial charge on any atom is -0.316 e. The Morgan fingerprint density at radius 1 is 1.39 bits per heavy atom. The molecule has 0 aliphatic rings. The highest BCUT2D eigenvalue weighted by atomic mass is 32.2. The van der Waals surface area contributed by atoms with E-state index in [-0.39, 0.29) is 5.41 Å². The van der Waals surface area contributed by atoms with Crippen molar-refractivity contribution in [3.8, 4) is 0 Å². The number of hydrogen-bond acceptors (Lipinski definition) is 4. The van der Waals surface area contributed by atoms with Gasteiger partial charge < -0.3 is 5.32 Å². The van der Waals surface area contributed by atoms with Crippen molar-refractivity contribution in [2.75, 3.05) is 12.8 Å². The molecular formula is C14H26N2S2. The highest BCUT2D eigenvalue weighted by molar-refractivity contribution is 7.99. The molecular weight excluding hydrogens is 260 g/mol. The maximum atomic E-state index is 4.77. The second-order valence-corrected chi connectivity index (χ2v) is 8.50. The smallest absolute Gasteiger partial charge is 0.0944 e. The van der Waals surface area contributed by atoms with Crippen LogP contribution in [0.4, 0.5) is 0 Å². The summed E-state index contributed by atoms with van der Waals surface area (Å²) in [6.45, 7) is 11.2. The molecule has 0 aromatic carbocycles. The van der Waals surface area contributed by atoms with Crippen molar-refractivity contribution in [2.45, 2.75) is 57.7 Å². The number of nitrogens with zero attached hydrogens (tertiary/aromatic N) is 1. The molecule has 104 valence electrons. The molecule has 1 aromatic rings. The summed E-state index contributed by atoms with van der Waals surface area (Å²) in [5, 5.41) is 7.56. The largest absolute Gasteiger partial charge is 0.316 e. The summed E-state index contributed by atoms with van der Waals surface area (Å²) in [5.41, 5.74) is 1.38. The second-order valence-electron chi connectivity index (χ2n) is 5.95. The fourth-order valence-electron chi connectivity index (χ4n) is 1.51. The Balaban J connectivity index is 2.57. The Kier molecular flexibility index (Phi) is 6.15. The van der Waals surface area contributed by atoms with Crippen LogP contribution in [-0.2, 0) is 11.8 Å². The Morgan fingerprint density at radius 3 is 2.50 bits per heavy atom. The van der Waals surface area contributed by atoms with Crippen LogP contribution in [0.25, 0.3) is 0 Å². The number of nitrogens with one attached hydrogen (secondary N) is 1. The molecule has 0 radical (unpaired) electrons. The molecule has 0 spiro atoms. The normalized spacial score (nSPS) is 14.2. The average molecular weight is 287 g/mol. The lowest BCUT2D eigenvalue weighted by atomic mass is 9.93. The van der Waals surface area contributed by atoms with Gasteiger partial charge in [0.2, 0.25) is 0 Å². The third-order valence-electron chi connectivity index (χ3n) is 2.78. The van der Waals surface area contributed by atoms with E-state index in [1.807, 2.05) is 18.8 Å². The van der Waals surface area contributed by atoms with Crippen molar-refractivity contribution < 1.29 is 0 Å². The van der Waals surface area contributed by atoms with Gasteiger partial charge in [0.1, 0.15) is 0 Å². The van der Waals surface area contributed by atoms with Crippen LogP contribution in [-0.4, -0.2) is 29.1 Å². The third-order valence-corrected chi connectivity index (χ3v) is 4.91. The van der Waals surface area contributed by atoms with Gasteiger partial charge >= 0.3 is 0 Å². The van der Waals surface area contributed by atoms with E-state index in [0.717, 1.165) is 12.2 Å². The van der Waals surface area contributed by atoms with Crippen LogP contribution in [0, 0.1) is 0 Å². The fourth-order valence-corrected chi connectivity index (χ4v) is 3.52. The van der Waals surface area contributed by atoms with Crippen LogP contribution in [0.5, 0.6) is 0 Å². The van der Waals surface area contributed by atoms with Gasteiger partial charge in [-0.1, -0.05) is 34.6 Å². The number of likely N-dealkylation sites (N-methyl/N-ethyl adjacent to an activating group) is 1. The van der Waals surface area contributed by atoms with Crippen LogP contribution >= 0.6 is 23.1 Å². The van der Waals surface area contributed by atoms with Crippen molar-refractivity contribution in [2.24, 2.45) is 0 Å². The van der Waals surface area contributed by atoms with Gasteiger partial charge in [0, 0.05) is 29.0 Å². The molecule has 1 N–H and O–H groups in total. The van der Waals surface area contributed by atoms with E-state index in [0.29, 0.717) is 11.3 Å². The first-order valence-corrected chi connectivity index (χ1v) is 8.49. The molecule has 2 nitrogen and oxygen atoms in total. The van der Waals surface area contributed by atoms with Gasteiger partial charge in [-0.15, -0.1) is 11.3 Å². The second kappa shape index (κ2) is 6.92. The van der Waals surface area contributed by atoms with Crippen molar-refractivity contribution in [1.29, 1.82) is 0 Å². The average Bonchev–Trinajstić information content (AvgIpc) is 2.71. The predicted octanol–water partition coefficient (Wildman–Crippen LogP) is 3.71. The van der Waals surface area contributed by atoms with Crippen LogP contribution in [0.2, 0.25) is 0 Å². The summed E-state index contributed by atoms with van der Waals surface area (Å²) in [6, 6.07) is 0.524. The van der Waals surface area contributed by atoms with Crippen molar-refractivity contribution in [3.63, 3.8) is 0 Å². The lowest BCUT2D eigenvalue weighted by Crippen LogP contribution is -2.30. The Hall–Kier alpha value is -0.0600. The zero-order valence-corrected chi connectivity index (χ0v) is 14.0. The molecule has 1 rings (SSSR count). The van der Waals surface area contributed by atoms with E-state index >= 15 is 0 Å². The molecule has 1 atom stereocenters. The SMILES string of the molecule is CNC(CSC(C)C)Cc1nc(C(C)(C)C)cs1.